The van der Waals surface area contributed by atoms with Gasteiger partial charge in [0.05, 0.1) is 19.0 Å². The molecule has 0 fully saturated rings. The zero-order valence-electron chi connectivity index (χ0n) is 15.0. The molecule has 3 rings (SSSR count). The first kappa shape index (κ1) is 18.1. The van der Waals surface area contributed by atoms with E-state index in [1.807, 2.05) is 13.8 Å². The van der Waals surface area contributed by atoms with Crippen LogP contribution in [0.1, 0.15) is 29.8 Å². The Morgan fingerprint density at radius 2 is 2.00 bits per heavy atom. The van der Waals surface area contributed by atoms with Gasteiger partial charge in [-0.05, 0) is 38.1 Å². The maximum absolute atomic E-state index is 14.1. The lowest BCUT2D eigenvalue weighted by molar-refractivity contribution is 0.410. The molecule has 1 atom stereocenters. The van der Waals surface area contributed by atoms with E-state index < -0.39 is 0 Å². The minimum absolute atomic E-state index is 0.0428. The van der Waals surface area contributed by atoms with Crippen molar-refractivity contribution >= 4 is 0 Å². The van der Waals surface area contributed by atoms with Gasteiger partial charge in [0.25, 0.3) is 0 Å². The highest BCUT2D eigenvalue weighted by Crippen LogP contribution is 2.22. The van der Waals surface area contributed by atoms with Gasteiger partial charge in [0, 0.05) is 35.5 Å². The van der Waals surface area contributed by atoms with Crippen molar-refractivity contribution in [3.8, 4) is 11.4 Å². The lowest BCUT2D eigenvalue weighted by atomic mass is 10.1. The van der Waals surface area contributed by atoms with E-state index in [0.29, 0.717) is 23.5 Å². The first-order chi connectivity index (χ1) is 12.5. The molecule has 1 N–H and O–H groups in total. The van der Waals surface area contributed by atoms with Gasteiger partial charge in [-0.2, -0.15) is 5.10 Å². The van der Waals surface area contributed by atoms with Gasteiger partial charge in [-0.3, -0.25) is 0 Å². The normalized spacial score (nSPS) is 12.2. The SMILES string of the molecule is COc1ccc(CNC(C)c2cnn(-c3cccc(F)c3)c2C)c(F)c1. The molecule has 4 nitrogen and oxygen atoms in total. The molecule has 1 heterocycles. The molecule has 0 amide bonds. The summed E-state index contributed by atoms with van der Waals surface area (Å²) in [5.74, 6) is -0.122. The van der Waals surface area contributed by atoms with Gasteiger partial charge in [-0.1, -0.05) is 12.1 Å². The van der Waals surface area contributed by atoms with Crippen LogP contribution in [0.5, 0.6) is 5.75 Å². The van der Waals surface area contributed by atoms with Crippen LogP contribution in [-0.2, 0) is 6.54 Å². The van der Waals surface area contributed by atoms with E-state index in [4.69, 9.17) is 4.74 Å². The van der Waals surface area contributed by atoms with E-state index in [2.05, 4.69) is 10.4 Å². The minimum Gasteiger partial charge on any atom is -0.497 e. The summed E-state index contributed by atoms with van der Waals surface area (Å²) in [5, 5.41) is 7.67. The molecule has 0 spiro atoms. The zero-order chi connectivity index (χ0) is 18.7. The van der Waals surface area contributed by atoms with Gasteiger partial charge in [-0.15, -0.1) is 0 Å². The number of benzene rings is 2. The van der Waals surface area contributed by atoms with Crippen molar-refractivity contribution in [3.05, 3.63) is 77.1 Å². The molecule has 0 bridgehead atoms. The molecule has 0 aliphatic heterocycles. The molecule has 2 aromatic carbocycles. The molecular weight excluding hydrogens is 336 g/mol. The number of aromatic nitrogens is 2. The van der Waals surface area contributed by atoms with Crippen molar-refractivity contribution < 1.29 is 13.5 Å². The Hall–Kier alpha value is -2.73. The maximum atomic E-state index is 14.1. The first-order valence-corrected chi connectivity index (χ1v) is 8.36. The van der Waals surface area contributed by atoms with E-state index in [9.17, 15) is 8.78 Å². The van der Waals surface area contributed by atoms with Crippen molar-refractivity contribution in [2.24, 2.45) is 0 Å². The Morgan fingerprint density at radius 1 is 1.19 bits per heavy atom. The standard InChI is InChI=1S/C20H21F2N3O/c1-13(23-11-15-7-8-18(26-3)10-20(15)22)19-12-24-25(14(19)2)17-6-4-5-16(21)9-17/h4-10,12-13,23H,11H2,1-3H3. The van der Waals surface area contributed by atoms with Crippen LogP contribution in [0.25, 0.3) is 5.69 Å². The van der Waals surface area contributed by atoms with Crippen LogP contribution >= 0.6 is 0 Å². The van der Waals surface area contributed by atoms with E-state index in [0.717, 1.165) is 11.3 Å². The van der Waals surface area contributed by atoms with Crippen molar-refractivity contribution in [1.82, 2.24) is 15.1 Å². The molecule has 26 heavy (non-hydrogen) atoms. The van der Waals surface area contributed by atoms with Crippen LogP contribution in [0.4, 0.5) is 8.78 Å². The number of methoxy groups -OCH3 is 1. The average molecular weight is 357 g/mol. The molecule has 1 aromatic heterocycles. The Labute approximate surface area is 151 Å². The van der Waals surface area contributed by atoms with Gasteiger partial charge in [-0.25, -0.2) is 13.5 Å². The third-order valence-electron chi connectivity index (χ3n) is 4.43. The summed E-state index contributed by atoms with van der Waals surface area (Å²) in [7, 11) is 1.51. The predicted octanol–water partition coefficient (Wildman–Crippen LogP) is 4.32. The van der Waals surface area contributed by atoms with Crippen LogP contribution in [0.2, 0.25) is 0 Å². The van der Waals surface area contributed by atoms with Crippen LogP contribution in [0.15, 0.2) is 48.7 Å². The Morgan fingerprint density at radius 3 is 2.69 bits per heavy atom. The second kappa shape index (κ2) is 7.66. The van der Waals surface area contributed by atoms with Gasteiger partial charge < -0.3 is 10.1 Å². The van der Waals surface area contributed by atoms with Gasteiger partial charge in [0.15, 0.2) is 0 Å². The Kier molecular flexibility index (Phi) is 5.32. The van der Waals surface area contributed by atoms with E-state index >= 15 is 0 Å². The second-order valence-corrected chi connectivity index (χ2v) is 6.14. The van der Waals surface area contributed by atoms with Gasteiger partial charge in [0.2, 0.25) is 0 Å². The largest absolute Gasteiger partial charge is 0.497 e. The molecular formula is C20H21F2N3O. The fourth-order valence-electron chi connectivity index (χ4n) is 2.89. The number of hydrogen-bond donors (Lipinski definition) is 1. The third-order valence-corrected chi connectivity index (χ3v) is 4.43. The third kappa shape index (κ3) is 3.75. The van der Waals surface area contributed by atoms with Crippen molar-refractivity contribution in [1.29, 1.82) is 0 Å². The summed E-state index contributed by atoms with van der Waals surface area (Å²) < 4.78 is 34.2. The highest BCUT2D eigenvalue weighted by Gasteiger charge is 2.15. The van der Waals surface area contributed by atoms with Crippen molar-refractivity contribution in [3.63, 3.8) is 0 Å². The van der Waals surface area contributed by atoms with Crippen LogP contribution in [0.3, 0.4) is 0 Å². The van der Waals surface area contributed by atoms with E-state index in [1.54, 1.807) is 35.1 Å². The smallest absolute Gasteiger partial charge is 0.131 e. The molecule has 0 saturated heterocycles. The zero-order valence-corrected chi connectivity index (χ0v) is 15.0. The molecule has 0 aliphatic rings. The predicted molar refractivity (Wildman–Crippen MR) is 96.5 cm³/mol. The number of rotatable bonds is 6. The highest BCUT2D eigenvalue weighted by atomic mass is 19.1. The van der Waals surface area contributed by atoms with Crippen LogP contribution in [-0.4, -0.2) is 16.9 Å². The molecule has 0 radical (unpaired) electrons. The lowest BCUT2D eigenvalue weighted by Crippen LogP contribution is -2.19. The van der Waals surface area contributed by atoms with E-state index in [-0.39, 0.29) is 17.7 Å². The number of ether oxygens (including phenoxy) is 1. The second-order valence-electron chi connectivity index (χ2n) is 6.14. The summed E-state index contributed by atoms with van der Waals surface area (Å²) in [6, 6.07) is 11.1. The Bertz CT molecular complexity index is 908. The van der Waals surface area contributed by atoms with Gasteiger partial charge >= 0.3 is 0 Å². The first-order valence-electron chi connectivity index (χ1n) is 8.36. The Balaban J connectivity index is 1.74. The lowest BCUT2D eigenvalue weighted by Gasteiger charge is -2.15. The highest BCUT2D eigenvalue weighted by molar-refractivity contribution is 5.36. The van der Waals surface area contributed by atoms with Crippen LogP contribution in [0, 0.1) is 18.6 Å². The molecule has 6 heteroatoms. The van der Waals surface area contributed by atoms with Crippen LogP contribution < -0.4 is 10.1 Å². The van der Waals surface area contributed by atoms with E-state index in [1.165, 1.54) is 25.3 Å². The summed E-state index contributed by atoms with van der Waals surface area (Å²) >= 11 is 0. The minimum atomic E-state index is -0.309. The quantitative estimate of drug-likeness (QED) is 0.714. The number of nitrogens with zero attached hydrogens (tertiary/aromatic N) is 2. The molecule has 0 aliphatic carbocycles. The fourth-order valence-corrected chi connectivity index (χ4v) is 2.89. The average Bonchev–Trinajstić information content (AvgIpc) is 3.02. The summed E-state index contributed by atoms with van der Waals surface area (Å²) in [5.41, 5.74) is 3.11. The fraction of sp³-hybridized carbons (Fsp3) is 0.250. The molecule has 3 aromatic rings. The molecule has 0 saturated carbocycles. The number of halogens is 2. The molecule has 1 unspecified atom stereocenters. The topological polar surface area (TPSA) is 39.1 Å². The number of nitrogens with one attached hydrogen (secondary N) is 1. The van der Waals surface area contributed by atoms with Gasteiger partial charge in [0.1, 0.15) is 17.4 Å². The number of hydrogen-bond acceptors (Lipinski definition) is 3. The summed E-state index contributed by atoms with van der Waals surface area (Å²) in [4.78, 5) is 0. The van der Waals surface area contributed by atoms with Crippen molar-refractivity contribution in [2.45, 2.75) is 26.4 Å². The maximum Gasteiger partial charge on any atom is 0.131 e. The summed E-state index contributed by atoms with van der Waals surface area (Å²) in [6.07, 6.45) is 1.75. The summed E-state index contributed by atoms with van der Waals surface area (Å²) in [6.45, 7) is 4.29. The molecule has 136 valence electrons. The van der Waals surface area contributed by atoms with Crippen molar-refractivity contribution in [2.75, 3.05) is 7.11 Å². The monoisotopic (exact) mass is 357 g/mol.